The lowest BCUT2D eigenvalue weighted by Gasteiger charge is -2.14. The van der Waals surface area contributed by atoms with Crippen molar-refractivity contribution in [2.24, 2.45) is 7.05 Å². The monoisotopic (exact) mass is 420 g/mol. The van der Waals surface area contributed by atoms with Gasteiger partial charge < -0.3 is 0 Å². The Hall–Kier alpha value is -2.30. The van der Waals surface area contributed by atoms with Crippen molar-refractivity contribution >= 4 is 32.3 Å². The van der Waals surface area contributed by atoms with Crippen molar-refractivity contribution in [1.29, 1.82) is 0 Å². The lowest BCUT2D eigenvalue weighted by Crippen LogP contribution is -2.39. The van der Waals surface area contributed by atoms with E-state index in [2.05, 4.69) is 9.71 Å². The van der Waals surface area contributed by atoms with Crippen molar-refractivity contribution in [3.8, 4) is 0 Å². The Kier molecular flexibility index (Phi) is 4.32. The Balaban J connectivity index is 1.86. The fourth-order valence-corrected chi connectivity index (χ4v) is 5.21. The fourth-order valence-electron chi connectivity index (χ4n) is 3.12. The third-order valence-electron chi connectivity index (χ3n) is 5.00. The van der Waals surface area contributed by atoms with E-state index in [0.717, 1.165) is 22.4 Å². The van der Waals surface area contributed by atoms with E-state index in [9.17, 15) is 18.0 Å². The van der Waals surface area contributed by atoms with Crippen LogP contribution < -0.4 is 16.0 Å². The SMILES string of the molecule is Cc1nc(Cn2c(=O)c3cc(S(=O)(=O)NC4(C)CC4)ccc3n(C)c2=O)cs1. The van der Waals surface area contributed by atoms with Gasteiger partial charge in [-0.2, -0.15) is 0 Å². The van der Waals surface area contributed by atoms with Gasteiger partial charge in [0.2, 0.25) is 10.0 Å². The summed E-state index contributed by atoms with van der Waals surface area (Å²) in [5.41, 5.74) is -0.411. The highest BCUT2D eigenvalue weighted by Crippen LogP contribution is 2.36. The molecule has 0 saturated heterocycles. The van der Waals surface area contributed by atoms with Crippen LogP contribution in [0, 0.1) is 6.92 Å². The molecule has 1 fully saturated rings. The summed E-state index contributed by atoms with van der Waals surface area (Å²) in [5, 5.41) is 2.82. The number of thiazole rings is 1. The van der Waals surface area contributed by atoms with Gasteiger partial charge in [0.1, 0.15) is 0 Å². The summed E-state index contributed by atoms with van der Waals surface area (Å²) in [7, 11) is -2.19. The van der Waals surface area contributed by atoms with Gasteiger partial charge in [0, 0.05) is 18.0 Å². The van der Waals surface area contributed by atoms with Crippen molar-refractivity contribution in [3.05, 3.63) is 55.1 Å². The van der Waals surface area contributed by atoms with Crippen LogP contribution in [0.5, 0.6) is 0 Å². The Morgan fingerprint density at radius 1 is 1.29 bits per heavy atom. The van der Waals surface area contributed by atoms with Gasteiger partial charge in [-0.15, -0.1) is 11.3 Å². The van der Waals surface area contributed by atoms with E-state index < -0.39 is 26.8 Å². The van der Waals surface area contributed by atoms with E-state index in [1.165, 1.54) is 34.1 Å². The summed E-state index contributed by atoms with van der Waals surface area (Å²) in [4.78, 5) is 30.0. The molecule has 1 aliphatic rings. The van der Waals surface area contributed by atoms with Crippen LogP contribution in [-0.4, -0.2) is 28.1 Å². The molecular weight excluding hydrogens is 400 g/mol. The van der Waals surface area contributed by atoms with Crippen molar-refractivity contribution < 1.29 is 8.42 Å². The van der Waals surface area contributed by atoms with E-state index in [4.69, 9.17) is 0 Å². The first-order valence-corrected chi connectivity index (χ1v) is 11.1. The predicted octanol–water partition coefficient (Wildman–Crippen LogP) is 1.34. The molecule has 28 heavy (non-hydrogen) atoms. The van der Waals surface area contributed by atoms with E-state index in [1.54, 1.807) is 12.4 Å². The Bertz CT molecular complexity index is 1310. The van der Waals surface area contributed by atoms with Crippen LogP contribution in [0.1, 0.15) is 30.5 Å². The molecule has 0 aliphatic heterocycles. The molecular formula is C18H20N4O4S2. The lowest BCUT2D eigenvalue weighted by atomic mass is 10.2. The summed E-state index contributed by atoms with van der Waals surface area (Å²) < 4.78 is 30.5. The lowest BCUT2D eigenvalue weighted by molar-refractivity contribution is 0.558. The van der Waals surface area contributed by atoms with Gasteiger partial charge in [-0.3, -0.25) is 13.9 Å². The maximum Gasteiger partial charge on any atom is 0.331 e. The van der Waals surface area contributed by atoms with E-state index >= 15 is 0 Å². The number of nitrogens with one attached hydrogen (secondary N) is 1. The maximum atomic E-state index is 13.0. The number of aryl methyl sites for hydroxylation is 2. The number of fused-ring (bicyclic) bond motifs is 1. The first-order chi connectivity index (χ1) is 13.1. The van der Waals surface area contributed by atoms with Crippen LogP contribution in [0.3, 0.4) is 0 Å². The van der Waals surface area contributed by atoms with Crippen molar-refractivity contribution in [1.82, 2.24) is 18.8 Å². The van der Waals surface area contributed by atoms with Crippen LogP contribution in [-0.2, 0) is 23.6 Å². The summed E-state index contributed by atoms with van der Waals surface area (Å²) >= 11 is 1.44. The zero-order valence-corrected chi connectivity index (χ0v) is 17.4. The van der Waals surface area contributed by atoms with Crippen LogP contribution in [0.2, 0.25) is 0 Å². The van der Waals surface area contributed by atoms with Crippen molar-refractivity contribution in [2.75, 3.05) is 0 Å². The van der Waals surface area contributed by atoms with Gasteiger partial charge >= 0.3 is 5.69 Å². The van der Waals surface area contributed by atoms with Gasteiger partial charge in [-0.05, 0) is 44.9 Å². The number of hydrogen-bond acceptors (Lipinski definition) is 6. The Morgan fingerprint density at radius 3 is 2.61 bits per heavy atom. The number of aromatic nitrogens is 3. The summed E-state index contributed by atoms with van der Waals surface area (Å²) in [6, 6.07) is 4.26. The summed E-state index contributed by atoms with van der Waals surface area (Å²) in [5.74, 6) is 0. The third-order valence-corrected chi connectivity index (χ3v) is 7.46. The molecule has 0 bridgehead atoms. The largest absolute Gasteiger partial charge is 0.331 e. The molecule has 1 aromatic carbocycles. The molecule has 0 unspecified atom stereocenters. The Labute approximate surface area is 165 Å². The minimum Gasteiger partial charge on any atom is -0.296 e. The van der Waals surface area contributed by atoms with E-state index in [-0.39, 0.29) is 16.8 Å². The van der Waals surface area contributed by atoms with Crippen LogP contribution in [0.4, 0.5) is 0 Å². The molecule has 148 valence electrons. The van der Waals surface area contributed by atoms with Crippen LogP contribution in [0.15, 0.2) is 38.1 Å². The molecule has 0 spiro atoms. The number of nitrogens with zero attached hydrogens (tertiary/aromatic N) is 3. The minimum atomic E-state index is -3.75. The van der Waals surface area contributed by atoms with Crippen LogP contribution in [0.25, 0.3) is 10.9 Å². The normalized spacial score (nSPS) is 15.8. The second-order valence-electron chi connectivity index (χ2n) is 7.44. The minimum absolute atomic E-state index is 0.0138. The van der Waals surface area contributed by atoms with E-state index in [1.807, 2.05) is 13.8 Å². The first kappa shape index (κ1) is 19.0. The van der Waals surface area contributed by atoms with Crippen molar-refractivity contribution in [3.63, 3.8) is 0 Å². The maximum absolute atomic E-state index is 13.0. The topological polar surface area (TPSA) is 103 Å². The highest BCUT2D eigenvalue weighted by molar-refractivity contribution is 7.89. The summed E-state index contributed by atoms with van der Waals surface area (Å²) in [6.45, 7) is 3.73. The highest BCUT2D eigenvalue weighted by atomic mass is 32.2. The molecule has 0 amide bonds. The first-order valence-electron chi connectivity index (χ1n) is 8.78. The zero-order chi connectivity index (χ0) is 20.3. The molecule has 1 aliphatic carbocycles. The molecule has 1 saturated carbocycles. The molecule has 10 heteroatoms. The molecule has 0 radical (unpaired) electrons. The smallest absolute Gasteiger partial charge is 0.296 e. The van der Waals surface area contributed by atoms with Gasteiger partial charge in [-0.25, -0.2) is 22.9 Å². The van der Waals surface area contributed by atoms with Gasteiger partial charge in [0.15, 0.2) is 0 Å². The number of sulfonamides is 1. The number of rotatable bonds is 5. The zero-order valence-electron chi connectivity index (χ0n) is 15.7. The number of benzene rings is 1. The highest BCUT2D eigenvalue weighted by Gasteiger charge is 2.41. The standard InChI is InChI=1S/C18H20N4O4S2/c1-11-19-12(10-27-11)9-22-16(23)14-8-13(4-5-15(14)21(3)17(22)24)28(25,26)20-18(2)6-7-18/h4-5,8,10,20H,6-7,9H2,1-3H3. The predicted molar refractivity (Wildman–Crippen MR) is 107 cm³/mol. The Morgan fingerprint density at radius 2 is 2.00 bits per heavy atom. The molecule has 2 aromatic heterocycles. The van der Waals surface area contributed by atoms with Crippen molar-refractivity contribution in [2.45, 2.75) is 43.7 Å². The third kappa shape index (κ3) is 3.31. The van der Waals surface area contributed by atoms with Crippen LogP contribution >= 0.6 is 11.3 Å². The fraction of sp³-hybridized carbons (Fsp3) is 0.389. The van der Waals surface area contributed by atoms with E-state index in [0.29, 0.717) is 11.2 Å². The molecule has 2 heterocycles. The molecule has 3 aromatic rings. The number of hydrogen-bond donors (Lipinski definition) is 1. The second-order valence-corrected chi connectivity index (χ2v) is 10.2. The molecule has 4 rings (SSSR count). The average Bonchev–Trinajstić information content (AvgIpc) is 3.20. The second kappa shape index (κ2) is 6.36. The average molecular weight is 421 g/mol. The van der Waals surface area contributed by atoms with Gasteiger partial charge in [0.25, 0.3) is 5.56 Å². The van der Waals surface area contributed by atoms with Gasteiger partial charge in [0.05, 0.1) is 33.0 Å². The summed E-state index contributed by atoms with van der Waals surface area (Å²) in [6.07, 6.45) is 1.57. The molecule has 1 N–H and O–H groups in total. The van der Waals surface area contributed by atoms with Gasteiger partial charge in [-0.1, -0.05) is 0 Å². The molecule has 8 nitrogen and oxygen atoms in total. The quantitative estimate of drug-likeness (QED) is 0.671. The molecule has 0 atom stereocenters.